The topological polar surface area (TPSA) is 55.1 Å². The van der Waals surface area contributed by atoms with Gasteiger partial charge in [-0.3, -0.25) is 4.79 Å². The molecule has 0 aliphatic heterocycles. The standard InChI is InChI=1S/C16H24N2O/c1-12(13-7-3-2-4-8-13)16(19)18-11-14-9-5-6-10-15(14)17/h2-4,7-8,12,14-15H,5-6,9-11,17H2,1H3,(H,18,19). The van der Waals surface area contributed by atoms with E-state index < -0.39 is 0 Å². The van der Waals surface area contributed by atoms with Crippen LogP contribution >= 0.6 is 0 Å². The van der Waals surface area contributed by atoms with Crippen LogP contribution < -0.4 is 11.1 Å². The number of nitrogens with one attached hydrogen (secondary N) is 1. The van der Waals surface area contributed by atoms with E-state index in [0.717, 1.165) is 24.9 Å². The number of hydrogen-bond donors (Lipinski definition) is 2. The van der Waals surface area contributed by atoms with Gasteiger partial charge in [0.2, 0.25) is 5.91 Å². The van der Waals surface area contributed by atoms with Crippen molar-refractivity contribution in [3.63, 3.8) is 0 Å². The van der Waals surface area contributed by atoms with Crippen molar-refractivity contribution in [3.05, 3.63) is 35.9 Å². The van der Waals surface area contributed by atoms with Gasteiger partial charge in [0.25, 0.3) is 0 Å². The zero-order valence-corrected chi connectivity index (χ0v) is 11.6. The Morgan fingerprint density at radius 2 is 2.00 bits per heavy atom. The number of nitrogens with two attached hydrogens (primary N) is 1. The van der Waals surface area contributed by atoms with Crippen LogP contribution in [-0.4, -0.2) is 18.5 Å². The van der Waals surface area contributed by atoms with E-state index in [4.69, 9.17) is 5.73 Å². The molecular formula is C16H24N2O. The van der Waals surface area contributed by atoms with Crippen LogP contribution in [-0.2, 0) is 4.79 Å². The molecule has 0 radical (unpaired) electrons. The Morgan fingerprint density at radius 3 is 2.68 bits per heavy atom. The molecule has 3 nitrogen and oxygen atoms in total. The molecule has 0 bridgehead atoms. The fourth-order valence-electron chi connectivity index (χ4n) is 2.77. The van der Waals surface area contributed by atoms with E-state index in [1.54, 1.807) is 0 Å². The molecule has 3 N–H and O–H groups in total. The van der Waals surface area contributed by atoms with Gasteiger partial charge in [-0.05, 0) is 31.2 Å². The molecule has 0 saturated heterocycles. The number of benzene rings is 1. The molecule has 104 valence electrons. The highest BCUT2D eigenvalue weighted by molar-refractivity contribution is 5.83. The molecule has 1 saturated carbocycles. The Balaban J connectivity index is 1.84. The summed E-state index contributed by atoms with van der Waals surface area (Å²) in [6.45, 7) is 2.67. The van der Waals surface area contributed by atoms with Gasteiger partial charge in [0.15, 0.2) is 0 Å². The first-order valence-electron chi connectivity index (χ1n) is 7.26. The third-order valence-corrected chi connectivity index (χ3v) is 4.20. The van der Waals surface area contributed by atoms with E-state index in [1.807, 2.05) is 37.3 Å². The van der Waals surface area contributed by atoms with Crippen molar-refractivity contribution in [3.8, 4) is 0 Å². The maximum Gasteiger partial charge on any atom is 0.227 e. The van der Waals surface area contributed by atoms with Crippen molar-refractivity contribution >= 4 is 5.91 Å². The molecule has 2 rings (SSSR count). The third kappa shape index (κ3) is 3.80. The molecule has 1 amide bonds. The number of rotatable bonds is 4. The average molecular weight is 260 g/mol. The summed E-state index contributed by atoms with van der Waals surface area (Å²) in [5, 5.41) is 3.06. The van der Waals surface area contributed by atoms with E-state index >= 15 is 0 Å². The maximum absolute atomic E-state index is 12.1. The first kappa shape index (κ1) is 14.1. The summed E-state index contributed by atoms with van der Waals surface area (Å²) in [6.07, 6.45) is 4.70. The number of carbonyl (C=O) groups is 1. The number of carbonyl (C=O) groups excluding carboxylic acids is 1. The van der Waals surface area contributed by atoms with Gasteiger partial charge in [-0.25, -0.2) is 0 Å². The van der Waals surface area contributed by atoms with Crippen molar-refractivity contribution in [2.45, 2.75) is 44.6 Å². The summed E-state index contributed by atoms with van der Waals surface area (Å²) in [6, 6.07) is 10.1. The van der Waals surface area contributed by atoms with Crippen molar-refractivity contribution in [1.82, 2.24) is 5.32 Å². The number of hydrogen-bond acceptors (Lipinski definition) is 2. The van der Waals surface area contributed by atoms with Gasteiger partial charge in [0.1, 0.15) is 0 Å². The van der Waals surface area contributed by atoms with Crippen LogP contribution in [0.2, 0.25) is 0 Å². The second-order valence-corrected chi connectivity index (χ2v) is 5.59. The zero-order valence-electron chi connectivity index (χ0n) is 11.6. The van der Waals surface area contributed by atoms with Gasteiger partial charge in [0, 0.05) is 12.6 Å². The SMILES string of the molecule is CC(C(=O)NCC1CCCCC1N)c1ccccc1. The van der Waals surface area contributed by atoms with Crippen LogP contribution in [0.15, 0.2) is 30.3 Å². The van der Waals surface area contributed by atoms with Gasteiger partial charge in [-0.2, -0.15) is 0 Å². The molecule has 3 atom stereocenters. The lowest BCUT2D eigenvalue weighted by molar-refractivity contribution is -0.122. The molecule has 0 aromatic heterocycles. The lowest BCUT2D eigenvalue weighted by atomic mass is 9.85. The van der Waals surface area contributed by atoms with E-state index in [1.165, 1.54) is 12.8 Å². The summed E-state index contributed by atoms with van der Waals surface area (Å²) >= 11 is 0. The Morgan fingerprint density at radius 1 is 1.32 bits per heavy atom. The quantitative estimate of drug-likeness (QED) is 0.873. The van der Waals surface area contributed by atoms with Gasteiger partial charge in [-0.15, -0.1) is 0 Å². The fourth-order valence-corrected chi connectivity index (χ4v) is 2.77. The van der Waals surface area contributed by atoms with Gasteiger partial charge in [0.05, 0.1) is 5.92 Å². The smallest absolute Gasteiger partial charge is 0.227 e. The lowest BCUT2D eigenvalue weighted by Gasteiger charge is -2.29. The lowest BCUT2D eigenvalue weighted by Crippen LogP contribution is -2.42. The van der Waals surface area contributed by atoms with E-state index in [-0.39, 0.29) is 17.9 Å². The second-order valence-electron chi connectivity index (χ2n) is 5.59. The normalized spacial score (nSPS) is 24.7. The summed E-state index contributed by atoms with van der Waals surface area (Å²) in [7, 11) is 0. The molecular weight excluding hydrogens is 236 g/mol. The van der Waals surface area contributed by atoms with Crippen molar-refractivity contribution in [2.75, 3.05) is 6.54 Å². The minimum absolute atomic E-state index is 0.0963. The largest absolute Gasteiger partial charge is 0.355 e. The minimum Gasteiger partial charge on any atom is -0.355 e. The second kappa shape index (κ2) is 6.71. The highest BCUT2D eigenvalue weighted by atomic mass is 16.1. The summed E-state index contributed by atoms with van der Waals surface area (Å²) in [5.41, 5.74) is 7.16. The van der Waals surface area contributed by atoms with Gasteiger partial charge in [-0.1, -0.05) is 43.2 Å². The van der Waals surface area contributed by atoms with Crippen molar-refractivity contribution in [2.24, 2.45) is 11.7 Å². The van der Waals surface area contributed by atoms with Crippen LogP contribution in [0.3, 0.4) is 0 Å². The van der Waals surface area contributed by atoms with Crippen molar-refractivity contribution < 1.29 is 4.79 Å². The predicted molar refractivity (Wildman–Crippen MR) is 77.8 cm³/mol. The first-order valence-corrected chi connectivity index (χ1v) is 7.26. The van der Waals surface area contributed by atoms with E-state index in [0.29, 0.717) is 5.92 Å². The molecule has 3 heteroatoms. The third-order valence-electron chi connectivity index (χ3n) is 4.20. The summed E-state index contributed by atoms with van der Waals surface area (Å²) < 4.78 is 0. The zero-order chi connectivity index (χ0) is 13.7. The molecule has 0 spiro atoms. The minimum atomic E-state index is -0.0963. The van der Waals surface area contributed by atoms with Crippen LogP contribution in [0.25, 0.3) is 0 Å². The molecule has 1 fully saturated rings. The van der Waals surface area contributed by atoms with Gasteiger partial charge >= 0.3 is 0 Å². The van der Waals surface area contributed by atoms with Crippen LogP contribution in [0.1, 0.15) is 44.1 Å². The highest BCUT2D eigenvalue weighted by Gasteiger charge is 2.23. The molecule has 3 unspecified atom stereocenters. The fraction of sp³-hybridized carbons (Fsp3) is 0.562. The Labute approximate surface area is 115 Å². The molecule has 19 heavy (non-hydrogen) atoms. The molecule has 1 aliphatic carbocycles. The average Bonchev–Trinajstić information content (AvgIpc) is 2.46. The molecule has 1 aromatic rings. The number of amides is 1. The van der Waals surface area contributed by atoms with Gasteiger partial charge < -0.3 is 11.1 Å². The molecule has 0 heterocycles. The van der Waals surface area contributed by atoms with Crippen LogP contribution in [0.4, 0.5) is 0 Å². The summed E-state index contributed by atoms with van der Waals surface area (Å²) in [4.78, 5) is 12.1. The van der Waals surface area contributed by atoms with Crippen LogP contribution in [0, 0.1) is 5.92 Å². The first-order chi connectivity index (χ1) is 9.18. The monoisotopic (exact) mass is 260 g/mol. The van der Waals surface area contributed by atoms with Crippen LogP contribution in [0.5, 0.6) is 0 Å². The highest BCUT2D eigenvalue weighted by Crippen LogP contribution is 2.22. The maximum atomic E-state index is 12.1. The summed E-state index contributed by atoms with van der Waals surface area (Å²) in [5.74, 6) is 0.450. The Hall–Kier alpha value is -1.35. The van der Waals surface area contributed by atoms with E-state index in [2.05, 4.69) is 5.32 Å². The predicted octanol–water partition coefficient (Wildman–Crippen LogP) is 2.42. The Kier molecular flexibility index (Phi) is 4.97. The molecule has 1 aliphatic rings. The molecule has 1 aromatic carbocycles. The van der Waals surface area contributed by atoms with Crippen molar-refractivity contribution in [1.29, 1.82) is 0 Å². The van der Waals surface area contributed by atoms with E-state index in [9.17, 15) is 4.79 Å². The Bertz CT molecular complexity index is 404.